The van der Waals surface area contributed by atoms with Gasteiger partial charge in [0.2, 0.25) is 0 Å². The van der Waals surface area contributed by atoms with E-state index in [9.17, 15) is 9.18 Å². The van der Waals surface area contributed by atoms with Crippen LogP contribution in [-0.2, 0) is 12.8 Å². The summed E-state index contributed by atoms with van der Waals surface area (Å²) in [5.41, 5.74) is 2.24. The average molecular weight is 413 g/mol. The van der Waals surface area contributed by atoms with Gasteiger partial charge in [-0.15, -0.1) is 21.5 Å². The molecule has 3 heterocycles. The van der Waals surface area contributed by atoms with E-state index in [2.05, 4.69) is 22.1 Å². The van der Waals surface area contributed by atoms with Crippen LogP contribution in [0.3, 0.4) is 0 Å². The van der Waals surface area contributed by atoms with Crippen LogP contribution in [0, 0.1) is 11.7 Å². The van der Waals surface area contributed by atoms with Crippen LogP contribution in [0.5, 0.6) is 0 Å². The van der Waals surface area contributed by atoms with Crippen LogP contribution in [0.1, 0.15) is 34.1 Å². The van der Waals surface area contributed by atoms with Gasteiger partial charge in [0.25, 0.3) is 0 Å². The normalized spacial score (nSPS) is 16.6. The van der Waals surface area contributed by atoms with Gasteiger partial charge in [-0.05, 0) is 42.9 Å². The van der Waals surface area contributed by atoms with Gasteiger partial charge in [-0.2, -0.15) is 0 Å². The van der Waals surface area contributed by atoms with Crippen molar-refractivity contribution in [1.82, 2.24) is 19.6 Å². The summed E-state index contributed by atoms with van der Waals surface area (Å²) in [4.78, 5) is 19.4. The number of fused-ring (bicyclic) bond motifs is 5. The van der Waals surface area contributed by atoms with Crippen molar-refractivity contribution in [3.8, 4) is 0 Å². The molecule has 1 aliphatic carbocycles. The Morgan fingerprint density at radius 1 is 1.36 bits per heavy atom. The smallest absolute Gasteiger partial charge is 0.197 e. The maximum absolute atomic E-state index is 13.8. The quantitative estimate of drug-likeness (QED) is 0.363. The fourth-order valence-corrected chi connectivity index (χ4v) is 5.85. The molecule has 28 heavy (non-hydrogen) atoms. The van der Waals surface area contributed by atoms with Gasteiger partial charge in [0.05, 0.1) is 16.7 Å². The lowest BCUT2D eigenvalue weighted by Crippen LogP contribution is -2.08. The van der Waals surface area contributed by atoms with Crippen LogP contribution in [0.4, 0.5) is 4.39 Å². The molecule has 1 atom stereocenters. The number of carbonyl (C=O) groups excluding carboxylic acids is 1. The number of aromatic nitrogens is 4. The molecule has 0 fully saturated rings. The summed E-state index contributed by atoms with van der Waals surface area (Å²) in [7, 11) is 0. The lowest BCUT2D eigenvalue weighted by molar-refractivity contribution is 0.101. The number of ketones is 1. The largest absolute Gasteiger partial charge is 0.293 e. The molecule has 0 aliphatic heterocycles. The molecule has 0 radical (unpaired) electrons. The lowest BCUT2D eigenvalue weighted by atomic mass is 9.89. The van der Waals surface area contributed by atoms with E-state index in [0.717, 1.165) is 28.7 Å². The molecule has 1 aliphatic rings. The summed E-state index contributed by atoms with van der Waals surface area (Å²) >= 11 is 3.00. The number of rotatable bonds is 4. The van der Waals surface area contributed by atoms with E-state index in [-0.39, 0.29) is 17.1 Å². The Bertz CT molecular complexity index is 1220. The molecule has 8 heteroatoms. The van der Waals surface area contributed by atoms with E-state index < -0.39 is 5.82 Å². The maximum atomic E-state index is 13.8. The maximum Gasteiger partial charge on any atom is 0.197 e. The Morgan fingerprint density at radius 3 is 3.07 bits per heavy atom. The highest BCUT2D eigenvalue weighted by molar-refractivity contribution is 7.99. The van der Waals surface area contributed by atoms with Gasteiger partial charge in [-0.1, -0.05) is 30.8 Å². The van der Waals surface area contributed by atoms with E-state index in [1.807, 2.05) is 4.40 Å². The molecule has 5 nitrogen and oxygen atoms in total. The number of hydrogen-bond acceptors (Lipinski definition) is 6. The number of thioether (sulfide) groups is 1. The third-order valence-electron chi connectivity index (χ3n) is 5.18. The van der Waals surface area contributed by atoms with Gasteiger partial charge in [-0.3, -0.25) is 9.20 Å². The molecular weight excluding hydrogens is 395 g/mol. The highest BCUT2D eigenvalue weighted by Crippen LogP contribution is 2.39. The van der Waals surface area contributed by atoms with Crippen molar-refractivity contribution in [2.45, 2.75) is 31.3 Å². The first-order valence-corrected chi connectivity index (χ1v) is 11.0. The minimum Gasteiger partial charge on any atom is -0.293 e. The predicted octanol–water partition coefficient (Wildman–Crippen LogP) is 4.58. The summed E-state index contributed by atoms with van der Waals surface area (Å²) < 4.78 is 15.7. The van der Waals surface area contributed by atoms with E-state index in [4.69, 9.17) is 0 Å². The Hall–Kier alpha value is -2.32. The van der Waals surface area contributed by atoms with Crippen molar-refractivity contribution >= 4 is 44.7 Å². The minimum absolute atomic E-state index is 0.0963. The van der Waals surface area contributed by atoms with Crippen molar-refractivity contribution in [2.24, 2.45) is 5.92 Å². The molecule has 0 amide bonds. The van der Waals surface area contributed by atoms with E-state index in [1.54, 1.807) is 29.8 Å². The molecular formula is C20H17FN4OS2. The van der Waals surface area contributed by atoms with Crippen molar-refractivity contribution < 1.29 is 9.18 Å². The van der Waals surface area contributed by atoms with Crippen LogP contribution in [-0.4, -0.2) is 31.1 Å². The second-order valence-corrected chi connectivity index (χ2v) is 9.17. The third kappa shape index (κ3) is 2.91. The summed E-state index contributed by atoms with van der Waals surface area (Å²) in [6.45, 7) is 2.29. The summed E-state index contributed by atoms with van der Waals surface area (Å²) in [6, 6.07) is 6.04. The number of aryl methyl sites for hydroxylation is 1. The molecule has 1 aromatic carbocycles. The van der Waals surface area contributed by atoms with Gasteiger partial charge < -0.3 is 0 Å². The minimum atomic E-state index is -0.498. The molecule has 5 rings (SSSR count). The fourth-order valence-electron chi connectivity index (χ4n) is 3.71. The number of benzene rings is 1. The zero-order valence-electron chi connectivity index (χ0n) is 15.2. The van der Waals surface area contributed by atoms with Gasteiger partial charge in [0.15, 0.2) is 16.6 Å². The third-order valence-corrected chi connectivity index (χ3v) is 7.28. The Kier molecular flexibility index (Phi) is 4.40. The highest BCUT2D eigenvalue weighted by Gasteiger charge is 2.24. The molecule has 0 N–H and O–H groups in total. The predicted molar refractivity (Wildman–Crippen MR) is 109 cm³/mol. The van der Waals surface area contributed by atoms with E-state index >= 15 is 0 Å². The van der Waals surface area contributed by atoms with Crippen molar-refractivity contribution in [3.05, 3.63) is 52.4 Å². The van der Waals surface area contributed by atoms with Crippen LogP contribution >= 0.6 is 23.1 Å². The topological polar surface area (TPSA) is 60.2 Å². The molecule has 142 valence electrons. The Labute approximate surface area is 169 Å². The molecule has 0 saturated carbocycles. The summed E-state index contributed by atoms with van der Waals surface area (Å²) in [5, 5.41) is 10.3. The number of carbonyl (C=O) groups is 1. The SMILES string of the molecule is C[C@@H]1CCc2c(sc3ncn4c(SCC(=O)c5ccccc5F)nnc4c23)C1. The van der Waals surface area contributed by atoms with Crippen LogP contribution < -0.4 is 0 Å². The Morgan fingerprint density at radius 2 is 2.21 bits per heavy atom. The van der Waals surface area contributed by atoms with E-state index in [0.29, 0.717) is 11.1 Å². The Balaban J connectivity index is 1.47. The van der Waals surface area contributed by atoms with Gasteiger partial charge in [0, 0.05) is 4.88 Å². The van der Waals surface area contributed by atoms with Crippen LogP contribution in [0.15, 0.2) is 35.7 Å². The highest BCUT2D eigenvalue weighted by atomic mass is 32.2. The molecule has 0 saturated heterocycles. The zero-order valence-corrected chi connectivity index (χ0v) is 16.8. The second-order valence-electron chi connectivity index (χ2n) is 7.14. The molecule has 3 aromatic heterocycles. The molecule has 0 unspecified atom stereocenters. The monoisotopic (exact) mass is 412 g/mol. The fraction of sp³-hybridized carbons (Fsp3) is 0.300. The summed E-state index contributed by atoms with van der Waals surface area (Å²) in [5.74, 6) is 0.0291. The van der Waals surface area contributed by atoms with Crippen molar-refractivity contribution in [2.75, 3.05) is 5.75 Å². The van der Waals surface area contributed by atoms with Gasteiger partial charge in [0.1, 0.15) is 17.0 Å². The molecule has 0 bridgehead atoms. The number of Topliss-reactive ketones (excluding diaryl/α,β-unsaturated/α-hetero) is 1. The van der Waals surface area contributed by atoms with Gasteiger partial charge >= 0.3 is 0 Å². The first kappa shape index (κ1) is 17.8. The zero-order chi connectivity index (χ0) is 19.3. The van der Waals surface area contributed by atoms with Gasteiger partial charge in [-0.25, -0.2) is 9.37 Å². The average Bonchev–Trinajstić information content (AvgIpc) is 3.26. The molecule has 0 spiro atoms. The van der Waals surface area contributed by atoms with Crippen LogP contribution in [0.2, 0.25) is 0 Å². The lowest BCUT2D eigenvalue weighted by Gasteiger charge is -2.17. The second kappa shape index (κ2) is 6.93. The summed E-state index contributed by atoms with van der Waals surface area (Å²) in [6.07, 6.45) is 5.03. The number of halogens is 1. The number of thiophene rings is 1. The van der Waals surface area contributed by atoms with E-state index in [1.165, 1.54) is 40.8 Å². The number of hydrogen-bond donors (Lipinski definition) is 0. The van der Waals surface area contributed by atoms with Crippen LogP contribution in [0.25, 0.3) is 15.9 Å². The first-order chi connectivity index (χ1) is 13.6. The number of nitrogens with zero attached hydrogens (tertiary/aromatic N) is 4. The standard InChI is InChI=1S/C20H17FN4OS2/c1-11-6-7-13-16(8-11)28-19-17(13)18-23-24-20(25(18)10-22-19)27-9-15(26)12-4-2-3-5-14(12)21/h2-5,10-11H,6-9H2,1H3/t11-/m1/s1. The van der Waals surface area contributed by atoms with Crippen molar-refractivity contribution in [1.29, 1.82) is 0 Å². The van der Waals surface area contributed by atoms with Crippen molar-refractivity contribution in [3.63, 3.8) is 0 Å². The first-order valence-electron chi connectivity index (χ1n) is 9.16. The molecule has 4 aromatic rings.